The third-order valence-corrected chi connectivity index (χ3v) is 3.81. The topological polar surface area (TPSA) is 109 Å². The molecule has 2 unspecified atom stereocenters. The lowest BCUT2D eigenvalue weighted by Crippen LogP contribution is -2.45. The minimum Gasteiger partial charge on any atom is -0.481 e. The van der Waals surface area contributed by atoms with Crippen LogP contribution in [0.1, 0.15) is 46.4 Å². The van der Waals surface area contributed by atoms with Crippen LogP contribution in [0, 0.1) is 5.92 Å². The highest BCUT2D eigenvalue weighted by atomic mass is 16.4. The molecule has 0 spiro atoms. The first kappa shape index (κ1) is 15.0. The van der Waals surface area contributed by atoms with Gasteiger partial charge in [-0.1, -0.05) is 18.9 Å². The van der Waals surface area contributed by atoms with Crippen molar-refractivity contribution in [3.63, 3.8) is 0 Å². The molecule has 6 nitrogen and oxygen atoms in total. The molecule has 1 fully saturated rings. The molecule has 0 aliphatic heterocycles. The van der Waals surface area contributed by atoms with Crippen molar-refractivity contribution in [3.8, 4) is 0 Å². The van der Waals surface area contributed by atoms with Gasteiger partial charge in [-0.25, -0.2) is 0 Å². The van der Waals surface area contributed by atoms with Crippen LogP contribution in [0.2, 0.25) is 0 Å². The monoisotopic (exact) mass is 290 g/mol. The molecule has 0 heterocycles. The highest BCUT2D eigenvalue weighted by Crippen LogP contribution is 2.25. The number of aliphatic carboxylic acids is 1. The van der Waals surface area contributed by atoms with E-state index in [2.05, 4.69) is 5.32 Å². The number of amides is 2. The van der Waals surface area contributed by atoms with E-state index >= 15 is 0 Å². The molecule has 1 aromatic carbocycles. The molecular weight excluding hydrogens is 272 g/mol. The lowest BCUT2D eigenvalue weighted by atomic mass is 9.84. The van der Waals surface area contributed by atoms with Gasteiger partial charge in [0.2, 0.25) is 5.91 Å². The molecule has 2 atom stereocenters. The molecule has 0 radical (unpaired) electrons. The Hall–Kier alpha value is -2.37. The Bertz CT molecular complexity index is 571. The van der Waals surface area contributed by atoms with Crippen molar-refractivity contribution >= 4 is 17.8 Å². The summed E-state index contributed by atoms with van der Waals surface area (Å²) in [6, 6.07) is 5.71. The molecule has 1 aliphatic carbocycles. The summed E-state index contributed by atoms with van der Waals surface area (Å²) < 4.78 is 0. The molecule has 2 amide bonds. The van der Waals surface area contributed by atoms with Gasteiger partial charge in [-0.05, 0) is 31.0 Å². The molecule has 0 saturated heterocycles. The molecule has 0 bridgehead atoms. The summed E-state index contributed by atoms with van der Waals surface area (Å²) >= 11 is 0. The number of hydrogen-bond acceptors (Lipinski definition) is 3. The number of carbonyl (C=O) groups is 3. The van der Waals surface area contributed by atoms with Gasteiger partial charge in [0.1, 0.15) is 0 Å². The molecule has 21 heavy (non-hydrogen) atoms. The fourth-order valence-electron chi connectivity index (χ4n) is 2.66. The Labute approximate surface area is 122 Å². The van der Waals surface area contributed by atoms with Crippen molar-refractivity contribution < 1.29 is 19.5 Å². The number of carboxylic acid groups (broad SMARTS) is 1. The Morgan fingerprint density at radius 2 is 1.81 bits per heavy atom. The zero-order chi connectivity index (χ0) is 15.4. The Kier molecular flexibility index (Phi) is 4.57. The van der Waals surface area contributed by atoms with Crippen LogP contribution in [0.15, 0.2) is 24.3 Å². The lowest BCUT2D eigenvalue weighted by Gasteiger charge is -2.29. The number of rotatable bonds is 4. The van der Waals surface area contributed by atoms with Crippen LogP contribution >= 0.6 is 0 Å². The fraction of sp³-hybridized carbons (Fsp3) is 0.400. The summed E-state index contributed by atoms with van der Waals surface area (Å²) in [7, 11) is 0. The van der Waals surface area contributed by atoms with E-state index in [0.29, 0.717) is 18.4 Å². The van der Waals surface area contributed by atoms with Crippen molar-refractivity contribution in [3.05, 3.63) is 35.4 Å². The largest absolute Gasteiger partial charge is 0.481 e. The van der Waals surface area contributed by atoms with E-state index in [1.807, 2.05) is 0 Å². The molecular formula is C15H18N2O4. The van der Waals surface area contributed by atoms with E-state index in [1.54, 1.807) is 12.1 Å². The van der Waals surface area contributed by atoms with Crippen molar-refractivity contribution in [1.29, 1.82) is 0 Å². The van der Waals surface area contributed by atoms with Gasteiger partial charge in [-0.2, -0.15) is 0 Å². The zero-order valence-electron chi connectivity index (χ0n) is 11.5. The van der Waals surface area contributed by atoms with Crippen LogP contribution in [0.5, 0.6) is 0 Å². The number of hydrogen-bond donors (Lipinski definition) is 3. The smallest absolute Gasteiger partial charge is 0.308 e. The molecule has 1 saturated carbocycles. The highest BCUT2D eigenvalue weighted by Gasteiger charge is 2.31. The first-order chi connectivity index (χ1) is 9.99. The van der Waals surface area contributed by atoms with Gasteiger partial charge in [0.25, 0.3) is 5.91 Å². The van der Waals surface area contributed by atoms with Gasteiger partial charge in [-0.15, -0.1) is 0 Å². The summed E-state index contributed by atoms with van der Waals surface area (Å²) in [5.41, 5.74) is 5.74. The fourth-order valence-corrected chi connectivity index (χ4v) is 2.66. The van der Waals surface area contributed by atoms with E-state index in [0.717, 1.165) is 12.8 Å². The minimum absolute atomic E-state index is 0.251. The van der Waals surface area contributed by atoms with Crippen LogP contribution in [0.3, 0.4) is 0 Å². The molecule has 6 heteroatoms. The van der Waals surface area contributed by atoms with E-state index in [-0.39, 0.29) is 17.5 Å². The van der Waals surface area contributed by atoms with Crippen molar-refractivity contribution in [2.24, 2.45) is 11.7 Å². The minimum atomic E-state index is -0.883. The van der Waals surface area contributed by atoms with E-state index in [1.165, 1.54) is 12.1 Å². The number of carboxylic acids is 1. The van der Waals surface area contributed by atoms with Crippen molar-refractivity contribution in [1.82, 2.24) is 5.32 Å². The number of nitrogens with one attached hydrogen (secondary N) is 1. The predicted molar refractivity (Wildman–Crippen MR) is 75.8 cm³/mol. The molecule has 2 rings (SSSR count). The molecule has 112 valence electrons. The summed E-state index contributed by atoms with van der Waals surface area (Å²) in [4.78, 5) is 34.5. The van der Waals surface area contributed by atoms with Gasteiger partial charge in [0, 0.05) is 17.2 Å². The van der Waals surface area contributed by atoms with Crippen LogP contribution in [-0.2, 0) is 4.79 Å². The molecule has 1 aromatic rings. The van der Waals surface area contributed by atoms with Crippen LogP contribution < -0.4 is 11.1 Å². The van der Waals surface area contributed by atoms with E-state index in [9.17, 15) is 19.5 Å². The average Bonchev–Trinajstić information content (AvgIpc) is 2.47. The number of benzene rings is 1. The summed E-state index contributed by atoms with van der Waals surface area (Å²) in [6.45, 7) is 0. The van der Waals surface area contributed by atoms with Crippen molar-refractivity contribution in [2.75, 3.05) is 0 Å². The van der Waals surface area contributed by atoms with E-state index < -0.39 is 17.8 Å². The maximum Gasteiger partial charge on any atom is 0.308 e. The third-order valence-electron chi connectivity index (χ3n) is 3.81. The Morgan fingerprint density at radius 1 is 1.14 bits per heavy atom. The lowest BCUT2D eigenvalue weighted by molar-refractivity contribution is -0.143. The molecule has 1 aliphatic rings. The van der Waals surface area contributed by atoms with Gasteiger partial charge >= 0.3 is 5.97 Å². The first-order valence-electron chi connectivity index (χ1n) is 6.92. The predicted octanol–water partition coefficient (Wildman–Crippen LogP) is 1.16. The first-order valence-corrected chi connectivity index (χ1v) is 6.92. The second-order valence-electron chi connectivity index (χ2n) is 5.25. The second kappa shape index (κ2) is 6.39. The SMILES string of the molecule is NC(=O)c1cccc(C(=O)NC2CCCCC2C(=O)O)c1. The van der Waals surface area contributed by atoms with Gasteiger partial charge in [-0.3, -0.25) is 14.4 Å². The quantitative estimate of drug-likeness (QED) is 0.772. The van der Waals surface area contributed by atoms with Crippen LogP contribution in [-0.4, -0.2) is 28.9 Å². The van der Waals surface area contributed by atoms with Crippen LogP contribution in [0.4, 0.5) is 0 Å². The zero-order valence-corrected chi connectivity index (χ0v) is 11.5. The highest BCUT2D eigenvalue weighted by molar-refractivity contribution is 5.99. The van der Waals surface area contributed by atoms with Gasteiger partial charge in [0.05, 0.1) is 5.92 Å². The molecule has 0 aromatic heterocycles. The summed E-state index contributed by atoms with van der Waals surface area (Å²) in [5, 5.41) is 12.0. The van der Waals surface area contributed by atoms with Crippen molar-refractivity contribution in [2.45, 2.75) is 31.7 Å². The number of primary amides is 1. The average molecular weight is 290 g/mol. The van der Waals surface area contributed by atoms with Gasteiger partial charge in [0.15, 0.2) is 0 Å². The molecule has 4 N–H and O–H groups in total. The maximum atomic E-state index is 12.2. The summed E-state index contributed by atoms with van der Waals surface area (Å²) in [6.07, 6.45) is 2.98. The summed E-state index contributed by atoms with van der Waals surface area (Å²) in [5.74, 6) is -2.42. The Morgan fingerprint density at radius 3 is 2.48 bits per heavy atom. The Balaban J connectivity index is 2.11. The second-order valence-corrected chi connectivity index (χ2v) is 5.25. The van der Waals surface area contributed by atoms with E-state index in [4.69, 9.17) is 5.73 Å². The number of carbonyl (C=O) groups excluding carboxylic acids is 2. The van der Waals surface area contributed by atoms with Gasteiger partial charge < -0.3 is 16.2 Å². The normalized spacial score (nSPS) is 21.5. The standard InChI is InChI=1S/C15H18N2O4/c16-13(18)9-4-3-5-10(8-9)14(19)17-12-7-2-1-6-11(12)15(20)21/h3-5,8,11-12H,1-2,6-7H2,(H2,16,18)(H,17,19)(H,20,21). The van der Waals surface area contributed by atoms with Crippen LogP contribution in [0.25, 0.3) is 0 Å². The number of nitrogens with two attached hydrogens (primary N) is 1. The maximum absolute atomic E-state index is 12.2. The third kappa shape index (κ3) is 3.59.